The van der Waals surface area contributed by atoms with Crippen LogP contribution in [-0.2, 0) is 9.47 Å². The first-order chi connectivity index (χ1) is 11.7. The van der Waals surface area contributed by atoms with E-state index in [1.165, 1.54) is 14.2 Å². The van der Waals surface area contributed by atoms with Gasteiger partial charge in [0.1, 0.15) is 11.3 Å². The zero-order chi connectivity index (χ0) is 17.1. The highest BCUT2D eigenvalue weighted by molar-refractivity contribution is 6.07. The highest BCUT2D eigenvalue weighted by Gasteiger charge is 2.32. The number of carbonyl (C=O) groups is 2. The Balaban J connectivity index is 2.49. The summed E-state index contributed by atoms with van der Waals surface area (Å²) in [5.74, 6) is -1.24. The maximum absolute atomic E-state index is 12.4. The van der Waals surface area contributed by atoms with Gasteiger partial charge in [-0.1, -0.05) is 6.07 Å². The third-order valence-electron chi connectivity index (χ3n) is 3.63. The lowest BCUT2D eigenvalue weighted by molar-refractivity contribution is -0.500. The Kier molecular flexibility index (Phi) is 4.20. The molecule has 3 heterocycles. The zero-order valence-corrected chi connectivity index (χ0v) is 13.2. The highest BCUT2D eigenvalue weighted by Crippen LogP contribution is 2.24. The molecule has 3 aromatic rings. The van der Waals surface area contributed by atoms with Gasteiger partial charge in [0.15, 0.2) is 6.20 Å². The second-order valence-corrected chi connectivity index (χ2v) is 4.98. The summed E-state index contributed by atoms with van der Waals surface area (Å²) in [6, 6.07) is 12.5. The van der Waals surface area contributed by atoms with E-state index < -0.39 is 11.9 Å². The van der Waals surface area contributed by atoms with E-state index in [9.17, 15) is 9.59 Å². The van der Waals surface area contributed by atoms with Crippen LogP contribution in [0.1, 0.15) is 20.7 Å². The van der Waals surface area contributed by atoms with Crippen molar-refractivity contribution in [3.05, 3.63) is 66.0 Å². The van der Waals surface area contributed by atoms with Crippen LogP contribution in [0.15, 0.2) is 54.9 Å². The number of nitrogens with zero attached hydrogens (tertiary/aromatic N) is 2. The number of fused-ring (bicyclic) bond motifs is 1. The molecule has 0 aliphatic heterocycles. The molecule has 0 fully saturated rings. The van der Waals surface area contributed by atoms with E-state index in [1.807, 2.05) is 24.3 Å². The average Bonchev–Trinajstić information content (AvgIpc) is 2.65. The predicted octanol–water partition coefficient (Wildman–Crippen LogP) is 2.06. The molecule has 0 bridgehead atoms. The van der Waals surface area contributed by atoms with E-state index in [0.29, 0.717) is 11.4 Å². The number of ether oxygens (including phenoxy) is 2. The van der Waals surface area contributed by atoms with Gasteiger partial charge in [-0.25, -0.2) is 14.6 Å². The summed E-state index contributed by atoms with van der Waals surface area (Å²) in [4.78, 5) is 29.0. The predicted molar refractivity (Wildman–Crippen MR) is 85.5 cm³/mol. The van der Waals surface area contributed by atoms with Gasteiger partial charge in [-0.05, 0) is 18.2 Å². The first kappa shape index (κ1) is 15.6. The van der Waals surface area contributed by atoms with Crippen LogP contribution in [-0.4, -0.2) is 31.1 Å². The second-order valence-electron chi connectivity index (χ2n) is 4.98. The third kappa shape index (κ3) is 2.58. The summed E-state index contributed by atoms with van der Waals surface area (Å²) in [5, 5.41) is 0. The molecule has 0 atom stereocenters. The number of hydrogen-bond donors (Lipinski definition) is 0. The van der Waals surface area contributed by atoms with Gasteiger partial charge in [-0.15, -0.1) is 0 Å². The van der Waals surface area contributed by atoms with Crippen molar-refractivity contribution in [3.8, 4) is 11.4 Å². The van der Waals surface area contributed by atoms with Crippen molar-refractivity contribution < 1.29 is 23.5 Å². The molecule has 0 saturated carbocycles. The van der Waals surface area contributed by atoms with E-state index in [-0.39, 0.29) is 11.1 Å². The summed E-state index contributed by atoms with van der Waals surface area (Å²) in [6.07, 6.45) is 3.42. The Morgan fingerprint density at radius 2 is 1.75 bits per heavy atom. The summed E-state index contributed by atoms with van der Waals surface area (Å²) < 4.78 is 11.5. The first-order valence-electron chi connectivity index (χ1n) is 7.22. The summed E-state index contributed by atoms with van der Waals surface area (Å²) in [5.41, 5.74) is 2.00. The number of aromatic nitrogens is 2. The van der Waals surface area contributed by atoms with Gasteiger partial charge >= 0.3 is 11.9 Å². The Hall–Kier alpha value is -3.28. The van der Waals surface area contributed by atoms with Crippen LogP contribution in [0.4, 0.5) is 0 Å². The standard InChI is InChI=1S/C18H15N2O4/c1-23-17(21)13-11-12-7-4-6-10-20(12)16(15(13)18(22)24-2)14-8-3-5-9-19-14/h3-11H,1-2H3/q+1. The van der Waals surface area contributed by atoms with Crippen LogP contribution in [0, 0.1) is 0 Å². The molecule has 0 amide bonds. The van der Waals surface area contributed by atoms with Crippen LogP contribution in [0.2, 0.25) is 0 Å². The molecule has 6 nitrogen and oxygen atoms in total. The Morgan fingerprint density at radius 3 is 2.42 bits per heavy atom. The summed E-state index contributed by atoms with van der Waals surface area (Å²) >= 11 is 0. The maximum atomic E-state index is 12.4. The molecule has 3 aromatic heterocycles. The lowest BCUT2D eigenvalue weighted by Gasteiger charge is -2.09. The van der Waals surface area contributed by atoms with Crippen molar-refractivity contribution in [1.82, 2.24) is 4.98 Å². The Labute approximate surface area is 138 Å². The molecule has 0 N–H and O–H groups in total. The molecule has 3 rings (SSSR count). The molecule has 0 aliphatic carbocycles. The molecule has 0 aliphatic rings. The molecular formula is C18H15N2O4+. The zero-order valence-electron chi connectivity index (χ0n) is 13.2. The van der Waals surface area contributed by atoms with Gasteiger partial charge in [0, 0.05) is 24.4 Å². The normalized spacial score (nSPS) is 10.4. The minimum absolute atomic E-state index is 0.117. The molecule has 0 aromatic carbocycles. The number of methoxy groups -OCH3 is 2. The number of hydrogen-bond acceptors (Lipinski definition) is 5. The van der Waals surface area contributed by atoms with Crippen LogP contribution in [0.5, 0.6) is 0 Å². The van der Waals surface area contributed by atoms with Gasteiger partial charge in [0.2, 0.25) is 5.52 Å². The minimum atomic E-state index is -0.630. The highest BCUT2D eigenvalue weighted by atomic mass is 16.5. The lowest BCUT2D eigenvalue weighted by Crippen LogP contribution is -2.30. The number of esters is 2. The van der Waals surface area contributed by atoms with Crippen LogP contribution >= 0.6 is 0 Å². The number of carbonyl (C=O) groups excluding carboxylic acids is 2. The Morgan fingerprint density at radius 1 is 1.00 bits per heavy atom. The van der Waals surface area contributed by atoms with Gasteiger partial charge in [-0.2, -0.15) is 4.40 Å². The van der Waals surface area contributed by atoms with Crippen LogP contribution in [0.3, 0.4) is 0 Å². The maximum Gasteiger partial charge on any atom is 0.345 e. The smallest absolute Gasteiger partial charge is 0.345 e. The largest absolute Gasteiger partial charge is 0.465 e. The van der Waals surface area contributed by atoms with Crippen molar-refractivity contribution in [2.24, 2.45) is 0 Å². The molecule has 0 radical (unpaired) electrons. The fourth-order valence-corrected chi connectivity index (χ4v) is 2.58. The number of pyridine rings is 3. The summed E-state index contributed by atoms with van der Waals surface area (Å²) in [7, 11) is 2.54. The van der Waals surface area contributed by atoms with E-state index in [1.54, 1.807) is 35.0 Å². The van der Waals surface area contributed by atoms with Crippen molar-refractivity contribution in [2.45, 2.75) is 0 Å². The Bertz CT molecular complexity index is 923. The minimum Gasteiger partial charge on any atom is -0.465 e. The van der Waals surface area contributed by atoms with Gasteiger partial charge in [0.05, 0.1) is 19.8 Å². The van der Waals surface area contributed by atoms with Crippen molar-refractivity contribution in [2.75, 3.05) is 14.2 Å². The molecular weight excluding hydrogens is 308 g/mol. The molecule has 0 saturated heterocycles. The van der Waals surface area contributed by atoms with E-state index >= 15 is 0 Å². The van der Waals surface area contributed by atoms with E-state index in [0.717, 1.165) is 5.52 Å². The molecule has 120 valence electrons. The summed E-state index contributed by atoms with van der Waals surface area (Å²) in [6.45, 7) is 0. The average molecular weight is 323 g/mol. The number of rotatable bonds is 3. The topological polar surface area (TPSA) is 69.6 Å². The van der Waals surface area contributed by atoms with Gasteiger partial charge < -0.3 is 9.47 Å². The van der Waals surface area contributed by atoms with E-state index in [4.69, 9.17) is 9.47 Å². The lowest BCUT2D eigenvalue weighted by atomic mass is 10.0. The SMILES string of the molecule is COC(=O)c1cc2cccc[n+]2c(-c2ccccn2)c1C(=O)OC. The van der Waals surface area contributed by atoms with Gasteiger partial charge in [0.25, 0.3) is 5.69 Å². The molecule has 0 unspecified atom stereocenters. The quantitative estimate of drug-likeness (QED) is 0.545. The molecule has 6 heteroatoms. The molecule has 24 heavy (non-hydrogen) atoms. The fraction of sp³-hybridized carbons (Fsp3) is 0.111. The monoisotopic (exact) mass is 323 g/mol. The van der Waals surface area contributed by atoms with E-state index in [2.05, 4.69) is 4.98 Å². The van der Waals surface area contributed by atoms with Gasteiger partial charge in [-0.3, -0.25) is 0 Å². The van der Waals surface area contributed by atoms with Crippen LogP contribution in [0.25, 0.3) is 16.9 Å². The van der Waals surface area contributed by atoms with Crippen molar-refractivity contribution >= 4 is 17.5 Å². The fourth-order valence-electron chi connectivity index (χ4n) is 2.58. The van der Waals surface area contributed by atoms with Crippen LogP contribution < -0.4 is 4.40 Å². The van der Waals surface area contributed by atoms with Crippen molar-refractivity contribution in [1.29, 1.82) is 0 Å². The molecule has 0 spiro atoms. The first-order valence-corrected chi connectivity index (χ1v) is 7.22. The third-order valence-corrected chi connectivity index (χ3v) is 3.63. The second kappa shape index (κ2) is 6.45. The van der Waals surface area contributed by atoms with Crippen molar-refractivity contribution in [3.63, 3.8) is 0 Å².